The van der Waals surface area contributed by atoms with E-state index >= 15 is 0 Å². The van der Waals surface area contributed by atoms with Gasteiger partial charge in [0, 0.05) is 17.7 Å². The normalized spacial score (nSPS) is 10.6. The SMILES string of the molecule is NC(=O)CSc1ccccc1NC(=O)CCc1ccc(-c2ccccc2F)o1. The fraction of sp³-hybridized carbons (Fsp3) is 0.143. The molecule has 0 bridgehead atoms. The van der Waals surface area contributed by atoms with Crippen molar-refractivity contribution >= 4 is 29.3 Å². The summed E-state index contributed by atoms with van der Waals surface area (Å²) in [7, 11) is 0. The molecule has 0 radical (unpaired) electrons. The molecule has 0 aliphatic heterocycles. The summed E-state index contributed by atoms with van der Waals surface area (Å²) in [6.45, 7) is 0. The minimum Gasteiger partial charge on any atom is -0.461 e. The van der Waals surface area contributed by atoms with Crippen LogP contribution in [-0.2, 0) is 16.0 Å². The summed E-state index contributed by atoms with van der Waals surface area (Å²) < 4.78 is 19.5. The Morgan fingerprint density at radius 2 is 1.79 bits per heavy atom. The van der Waals surface area contributed by atoms with Crippen LogP contribution in [0.5, 0.6) is 0 Å². The molecule has 144 valence electrons. The number of para-hydroxylation sites is 1. The third-order valence-electron chi connectivity index (χ3n) is 3.93. The second kappa shape index (κ2) is 9.23. The maximum atomic E-state index is 13.8. The van der Waals surface area contributed by atoms with Crippen molar-refractivity contribution in [2.75, 3.05) is 11.1 Å². The number of thioether (sulfide) groups is 1. The van der Waals surface area contributed by atoms with Crippen molar-refractivity contribution in [3.05, 3.63) is 72.2 Å². The molecule has 1 heterocycles. The molecule has 0 aliphatic rings. The van der Waals surface area contributed by atoms with E-state index in [1.807, 2.05) is 12.1 Å². The zero-order chi connectivity index (χ0) is 19.9. The van der Waals surface area contributed by atoms with Gasteiger partial charge in [0.15, 0.2) is 0 Å². The van der Waals surface area contributed by atoms with E-state index < -0.39 is 5.91 Å². The highest BCUT2D eigenvalue weighted by Crippen LogP contribution is 2.27. The topological polar surface area (TPSA) is 85.3 Å². The summed E-state index contributed by atoms with van der Waals surface area (Å²) >= 11 is 1.27. The fourth-order valence-electron chi connectivity index (χ4n) is 2.61. The molecule has 0 spiro atoms. The van der Waals surface area contributed by atoms with E-state index in [-0.39, 0.29) is 23.9 Å². The van der Waals surface area contributed by atoms with Gasteiger partial charge >= 0.3 is 0 Å². The van der Waals surface area contributed by atoms with Gasteiger partial charge in [-0.3, -0.25) is 9.59 Å². The quantitative estimate of drug-likeness (QED) is 0.556. The first-order valence-corrected chi connectivity index (χ1v) is 9.65. The third-order valence-corrected chi connectivity index (χ3v) is 5.03. The predicted octanol–water partition coefficient (Wildman–Crippen LogP) is 4.23. The highest BCUT2D eigenvalue weighted by molar-refractivity contribution is 8.00. The van der Waals surface area contributed by atoms with E-state index in [9.17, 15) is 14.0 Å². The van der Waals surface area contributed by atoms with Crippen molar-refractivity contribution in [1.82, 2.24) is 0 Å². The number of nitrogens with two attached hydrogens (primary N) is 1. The van der Waals surface area contributed by atoms with E-state index in [2.05, 4.69) is 5.32 Å². The Morgan fingerprint density at radius 1 is 1.04 bits per heavy atom. The van der Waals surface area contributed by atoms with Crippen LogP contribution < -0.4 is 11.1 Å². The molecule has 0 saturated carbocycles. The number of aryl methyl sites for hydroxylation is 1. The maximum absolute atomic E-state index is 13.8. The maximum Gasteiger partial charge on any atom is 0.227 e. The van der Waals surface area contributed by atoms with Crippen molar-refractivity contribution in [3.63, 3.8) is 0 Å². The lowest BCUT2D eigenvalue weighted by molar-refractivity contribution is -0.116. The highest BCUT2D eigenvalue weighted by atomic mass is 32.2. The third kappa shape index (κ3) is 5.23. The van der Waals surface area contributed by atoms with Crippen LogP contribution in [0, 0.1) is 5.82 Å². The van der Waals surface area contributed by atoms with E-state index in [1.54, 1.807) is 42.5 Å². The number of halogens is 1. The van der Waals surface area contributed by atoms with Gasteiger partial charge in [-0.15, -0.1) is 11.8 Å². The zero-order valence-electron chi connectivity index (χ0n) is 15.0. The zero-order valence-corrected chi connectivity index (χ0v) is 15.8. The van der Waals surface area contributed by atoms with Gasteiger partial charge in [0.25, 0.3) is 0 Å². The molecule has 3 aromatic rings. The Morgan fingerprint density at radius 3 is 2.57 bits per heavy atom. The Balaban J connectivity index is 1.58. The summed E-state index contributed by atoms with van der Waals surface area (Å²) in [6, 6.07) is 17.0. The average molecular weight is 398 g/mol. The van der Waals surface area contributed by atoms with Crippen molar-refractivity contribution < 1.29 is 18.4 Å². The fourth-order valence-corrected chi connectivity index (χ4v) is 3.36. The average Bonchev–Trinajstić information content (AvgIpc) is 3.15. The number of rotatable bonds is 8. The Labute approximate surface area is 166 Å². The van der Waals surface area contributed by atoms with E-state index in [1.165, 1.54) is 17.8 Å². The van der Waals surface area contributed by atoms with Gasteiger partial charge < -0.3 is 15.5 Å². The van der Waals surface area contributed by atoms with Gasteiger partial charge in [0.2, 0.25) is 11.8 Å². The first-order valence-electron chi connectivity index (χ1n) is 8.66. The number of primary amides is 1. The summed E-state index contributed by atoms with van der Waals surface area (Å²) in [6.07, 6.45) is 0.593. The smallest absolute Gasteiger partial charge is 0.227 e. The Kier molecular flexibility index (Phi) is 6.49. The molecule has 3 N–H and O–H groups in total. The van der Waals surface area contributed by atoms with E-state index in [0.717, 1.165) is 4.90 Å². The van der Waals surface area contributed by atoms with E-state index in [0.29, 0.717) is 29.2 Å². The van der Waals surface area contributed by atoms with Gasteiger partial charge in [0.1, 0.15) is 17.3 Å². The minimum atomic E-state index is -0.422. The van der Waals surface area contributed by atoms with Gasteiger partial charge in [-0.05, 0) is 36.4 Å². The van der Waals surface area contributed by atoms with Crippen LogP contribution in [-0.4, -0.2) is 17.6 Å². The van der Waals surface area contributed by atoms with Gasteiger partial charge in [0.05, 0.1) is 17.0 Å². The number of carbonyl (C=O) groups is 2. The van der Waals surface area contributed by atoms with E-state index in [4.69, 9.17) is 10.2 Å². The molecule has 28 heavy (non-hydrogen) atoms. The van der Waals surface area contributed by atoms with Crippen molar-refractivity contribution in [2.24, 2.45) is 5.73 Å². The standard InChI is InChI=1S/C21H19FN2O3S/c22-16-6-2-1-5-15(16)18-11-9-14(27-18)10-12-21(26)24-17-7-3-4-8-19(17)28-13-20(23)25/h1-9,11H,10,12-13H2,(H2,23,25)(H,24,26). The van der Waals surface area contributed by atoms with Crippen LogP contribution >= 0.6 is 11.8 Å². The summed E-state index contributed by atoms with van der Waals surface area (Å²) in [5.74, 6) is 0.209. The minimum absolute atomic E-state index is 0.137. The second-order valence-electron chi connectivity index (χ2n) is 6.05. The lowest BCUT2D eigenvalue weighted by Crippen LogP contribution is -2.15. The van der Waals surface area contributed by atoms with Crippen molar-refractivity contribution in [1.29, 1.82) is 0 Å². The molecule has 3 rings (SSSR count). The molecular weight excluding hydrogens is 379 g/mol. The highest BCUT2D eigenvalue weighted by Gasteiger charge is 2.12. The Hall–Kier alpha value is -3.06. The number of amides is 2. The molecule has 2 aromatic carbocycles. The Bertz CT molecular complexity index is 987. The molecular formula is C21H19FN2O3S. The molecule has 5 nitrogen and oxygen atoms in total. The summed E-state index contributed by atoms with van der Waals surface area (Å²) in [5.41, 5.74) is 6.19. The lowest BCUT2D eigenvalue weighted by atomic mass is 10.1. The van der Waals surface area contributed by atoms with Gasteiger partial charge in [-0.2, -0.15) is 0 Å². The van der Waals surface area contributed by atoms with Crippen LogP contribution in [0.1, 0.15) is 12.2 Å². The number of hydrogen-bond donors (Lipinski definition) is 2. The van der Waals surface area contributed by atoms with Crippen LogP contribution in [0.3, 0.4) is 0 Å². The van der Waals surface area contributed by atoms with Gasteiger partial charge in [-0.1, -0.05) is 24.3 Å². The van der Waals surface area contributed by atoms with Crippen LogP contribution in [0.2, 0.25) is 0 Å². The monoisotopic (exact) mass is 398 g/mol. The summed E-state index contributed by atoms with van der Waals surface area (Å²) in [4.78, 5) is 24.0. The first-order chi connectivity index (χ1) is 13.5. The number of furan rings is 1. The molecule has 0 fully saturated rings. The predicted molar refractivity (Wildman–Crippen MR) is 107 cm³/mol. The molecule has 0 aliphatic carbocycles. The van der Waals surface area contributed by atoms with Gasteiger partial charge in [-0.25, -0.2) is 4.39 Å². The first kappa shape index (κ1) is 19.7. The number of benzene rings is 2. The number of hydrogen-bond acceptors (Lipinski definition) is 4. The van der Waals surface area contributed by atoms with Crippen LogP contribution in [0.25, 0.3) is 11.3 Å². The van der Waals surface area contributed by atoms with Crippen molar-refractivity contribution in [2.45, 2.75) is 17.7 Å². The molecule has 2 amide bonds. The number of anilines is 1. The molecule has 7 heteroatoms. The molecule has 0 saturated heterocycles. The molecule has 0 unspecified atom stereocenters. The summed E-state index contributed by atoms with van der Waals surface area (Å²) in [5, 5.41) is 2.84. The van der Waals surface area contributed by atoms with Crippen LogP contribution in [0.15, 0.2) is 70.0 Å². The van der Waals surface area contributed by atoms with Crippen molar-refractivity contribution in [3.8, 4) is 11.3 Å². The number of carbonyl (C=O) groups excluding carboxylic acids is 2. The second-order valence-corrected chi connectivity index (χ2v) is 7.06. The molecule has 0 atom stereocenters. The largest absolute Gasteiger partial charge is 0.461 e. The molecule has 1 aromatic heterocycles. The number of nitrogens with one attached hydrogen (secondary N) is 1. The van der Waals surface area contributed by atoms with Crippen LogP contribution in [0.4, 0.5) is 10.1 Å². The lowest BCUT2D eigenvalue weighted by Gasteiger charge is -2.09.